The van der Waals surface area contributed by atoms with Gasteiger partial charge in [0.2, 0.25) is 11.8 Å². The van der Waals surface area contributed by atoms with Gasteiger partial charge in [-0.15, -0.1) is 11.8 Å². The molecule has 1 unspecified atom stereocenters. The van der Waals surface area contributed by atoms with Crippen molar-refractivity contribution in [1.82, 2.24) is 10.2 Å². The van der Waals surface area contributed by atoms with Crippen LogP contribution in [-0.4, -0.2) is 48.1 Å². The molecule has 6 heteroatoms. The molecule has 2 heterocycles. The third-order valence-corrected chi connectivity index (χ3v) is 6.27. The summed E-state index contributed by atoms with van der Waals surface area (Å²) in [7, 11) is 0. The molecular formula is C19H27N3O2S. The number of anilines is 1. The Morgan fingerprint density at radius 1 is 1.16 bits per heavy atom. The zero-order valence-electron chi connectivity index (χ0n) is 15.0. The van der Waals surface area contributed by atoms with E-state index >= 15 is 0 Å². The van der Waals surface area contributed by atoms with E-state index in [1.54, 1.807) is 11.8 Å². The lowest BCUT2D eigenvalue weighted by molar-refractivity contribution is -0.130. The molecule has 2 N–H and O–H groups in total. The van der Waals surface area contributed by atoms with Gasteiger partial charge in [-0.25, -0.2) is 0 Å². The SMILES string of the molecule is CC(=O)Nc1ccc(SC(C)C(=O)N2CC[C@@H]3CNC[C@@H]3CC2)cc1. The maximum Gasteiger partial charge on any atom is 0.235 e. The number of thioether (sulfide) groups is 1. The molecular weight excluding hydrogens is 334 g/mol. The molecule has 0 aliphatic carbocycles. The minimum absolute atomic E-state index is 0.0786. The Labute approximate surface area is 153 Å². The molecule has 0 bridgehead atoms. The Morgan fingerprint density at radius 2 is 1.76 bits per heavy atom. The molecule has 2 aliphatic rings. The zero-order chi connectivity index (χ0) is 17.8. The van der Waals surface area contributed by atoms with Gasteiger partial charge in [0.25, 0.3) is 0 Å². The standard InChI is InChI=1S/C19H27N3O2S/c1-13(25-18-5-3-17(4-6-18)21-14(2)23)19(24)22-9-7-15-11-20-12-16(15)8-10-22/h3-6,13,15-16,20H,7-12H2,1-2H3,(H,21,23)/t13?,15-,16+. The van der Waals surface area contributed by atoms with Crippen molar-refractivity contribution < 1.29 is 9.59 Å². The molecule has 1 aromatic carbocycles. The van der Waals surface area contributed by atoms with Crippen LogP contribution in [0.5, 0.6) is 0 Å². The van der Waals surface area contributed by atoms with Crippen LogP contribution < -0.4 is 10.6 Å². The van der Waals surface area contributed by atoms with E-state index in [0.29, 0.717) is 0 Å². The number of fused-ring (bicyclic) bond motifs is 1. The summed E-state index contributed by atoms with van der Waals surface area (Å²) in [6.07, 6.45) is 2.23. The van der Waals surface area contributed by atoms with Gasteiger partial charge >= 0.3 is 0 Å². The van der Waals surface area contributed by atoms with Gasteiger partial charge in [0.1, 0.15) is 0 Å². The second-order valence-electron chi connectivity index (χ2n) is 7.05. The number of benzene rings is 1. The fourth-order valence-corrected chi connectivity index (χ4v) is 4.72. The van der Waals surface area contributed by atoms with Crippen LogP contribution >= 0.6 is 11.8 Å². The van der Waals surface area contributed by atoms with Gasteiger partial charge in [-0.2, -0.15) is 0 Å². The first-order valence-electron chi connectivity index (χ1n) is 9.06. The first-order valence-corrected chi connectivity index (χ1v) is 9.94. The highest BCUT2D eigenvalue weighted by Gasteiger charge is 2.32. The predicted octanol–water partition coefficient (Wildman–Crippen LogP) is 2.58. The number of nitrogens with zero attached hydrogens (tertiary/aromatic N) is 1. The summed E-state index contributed by atoms with van der Waals surface area (Å²) in [6, 6.07) is 7.67. The summed E-state index contributed by atoms with van der Waals surface area (Å²) in [5.41, 5.74) is 0.781. The van der Waals surface area contributed by atoms with Crippen LogP contribution in [-0.2, 0) is 9.59 Å². The zero-order valence-corrected chi connectivity index (χ0v) is 15.8. The van der Waals surface area contributed by atoms with Crippen molar-refractivity contribution in [3.63, 3.8) is 0 Å². The van der Waals surface area contributed by atoms with Crippen molar-refractivity contribution in [2.45, 2.75) is 36.8 Å². The van der Waals surface area contributed by atoms with E-state index < -0.39 is 0 Å². The van der Waals surface area contributed by atoms with Gasteiger partial charge in [0.15, 0.2) is 0 Å². The van der Waals surface area contributed by atoms with Crippen molar-refractivity contribution in [2.24, 2.45) is 11.8 Å². The van der Waals surface area contributed by atoms with Crippen LogP contribution in [0.2, 0.25) is 0 Å². The van der Waals surface area contributed by atoms with Crippen LogP contribution in [0.15, 0.2) is 29.2 Å². The average Bonchev–Trinajstić information content (AvgIpc) is 2.94. The highest BCUT2D eigenvalue weighted by molar-refractivity contribution is 8.00. The Hall–Kier alpha value is -1.53. The lowest BCUT2D eigenvalue weighted by atomic mass is 9.92. The van der Waals surface area contributed by atoms with Gasteiger partial charge in [0, 0.05) is 30.6 Å². The van der Waals surface area contributed by atoms with Crippen molar-refractivity contribution in [3.8, 4) is 0 Å². The number of carbonyl (C=O) groups excluding carboxylic acids is 2. The first kappa shape index (κ1) is 18.3. The molecule has 0 radical (unpaired) electrons. The third kappa shape index (κ3) is 4.76. The summed E-state index contributed by atoms with van der Waals surface area (Å²) in [5.74, 6) is 1.64. The maximum absolute atomic E-state index is 12.8. The Kier molecular flexibility index (Phi) is 6.02. The van der Waals surface area contributed by atoms with Crippen molar-refractivity contribution in [1.29, 1.82) is 0 Å². The quantitative estimate of drug-likeness (QED) is 0.809. The summed E-state index contributed by atoms with van der Waals surface area (Å²) in [6.45, 7) is 7.47. The summed E-state index contributed by atoms with van der Waals surface area (Å²) in [5, 5.41) is 6.14. The number of hydrogen-bond donors (Lipinski definition) is 2. The first-order chi connectivity index (χ1) is 12.0. The second kappa shape index (κ2) is 8.23. The van der Waals surface area contributed by atoms with Crippen LogP contribution in [0.1, 0.15) is 26.7 Å². The minimum Gasteiger partial charge on any atom is -0.342 e. The Bertz CT molecular complexity index is 606. The highest BCUT2D eigenvalue weighted by Crippen LogP contribution is 2.30. The predicted molar refractivity (Wildman–Crippen MR) is 102 cm³/mol. The second-order valence-corrected chi connectivity index (χ2v) is 8.46. The van der Waals surface area contributed by atoms with Crippen LogP contribution in [0, 0.1) is 11.8 Å². The molecule has 2 aliphatic heterocycles. The number of carbonyl (C=O) groups is 2. The molecule has 2 saturated heterocycles. The van der Waals surface area contributed by atoms with Crippen molar-refractivity contribution >= 4 is 29.3 Å². The fourth-order valence-electron chi connectivity index (χ4n) is 3.77. The fraction of sp³-hybridized carbons (Fsp3) is 0.579. The van der Waals surface area contributed by atoms with Gasteiger partial charge in [-0.3, -0.25) is 9.59 Å². The average molecular weight is 362 g/mol. The Morgan fingerprint density at radius 3 is 2.32 bits per heavy atom. The van der Waals surface area contributed by atoms with E-state index in [4.69, 9.17) is 0 Å². The molecule has 1 aromatic rings. The van der Waals surface area contributed by atoms with Gasteiger partial charge in [-0.1, -0.05) is 0 Å². The Balaban J connectivity index is 1.54. The van der Waals surface area contributed by atoms with Crippen LogP contribution in [0.3, 0.4) is 0 Å². The number of likely N-dealkylation sites (tertiary alicyclic amines) is 1. The van der Waals surface area contributed by atoms with E-state index in [1.165, 1.54) is 6.92 Å². The van der Waals surface area contributed by atoms with Gasteiger partial charge in [0.05, 0.1) is 5.25 Å². The van der Waals surface area contributed by atoms with Crippen LogP contribution in [0.4, 0.5) is 5.69 Å². The van der Waals surface area contributed by atoms with Gasteiger partial charge in [-0.05, 0) is 69.0 Å². The van der Waals surface area contributed by atoms with E-state index in [1.807, 2.05) is 31.2 Å². The molecule has 2 amide bonds. The number of hydrogen-bond acceptors (Lipinski definition) is 4. The molecule has 3 atom stereocenters. The molecule has 5 nitrogen and oxygen atoms in total. The molecule has 2 fully saturated rings. The molecule has 0 saturated carbocycles. The highest BCUT2D eigenvalue weighted by atomic mass is 32.2. The summed E-state index contributed by atoms with van der Waals surface area (Å²) >= 11 is 1.58. The van der Waals surface area contributed by atoms with Crippen molar-refractivity contribution in [2.75, 3.05) is 31.5 Å². The van der Waals surface area contributed by atoms with E-state index in [-0.39, 0.29) is 17.1 Å². The third-order valence-electron chi connectivity index (χ3n) is 5.17. The molecule has 0 spiro atoms. The topological polar surface area (TPSA) is 61.4 Å². The summed E-state index contributed by atoms with van der Waals surface area (Å²) in [4.78, 5) is 27.0. The lowest BCUT2D eigenvalue weighted by Gasteiger charge is -2.24. The molecule has 25 heavy (non-hydrogen) atoms. The van der Waals surface area contributed by atoms with Gasteiger partial charge < -0.3 is 15.5 Å². The smallest absolute Gasteiger partial charge is 0.235 e. The molecule has 136 valence electrons. The molecule has 3 rings (SSSR count). The summed E-state index contributed by atoms with van der Waals surface area (Å²) < 4.78 is 0. The van der Waals surface area contributed by atoms with E-state index in [2.05, 4.69) is 15.5 Å². The van der Waals surface area contributed by atoms with E-state index in [0.717, 1.165) is 61.4 Å². The lowest BCUT2D eigenvalue weighted by Crippen LogP contribution is -2.37. The van der Waals surface area contributed by atoms with Crippen molar-refractivity contribution in [3.05, 3.63) is 24.3 Å². The number of nitrogens with one attached hydrogen (secondary N) is 2. The minimum atomic E-state index is -0.0947. The number of rotatable bonds is 4. The largest absolute Gasteiger partial charge is 0.342 e. The maximum atomic E-state index is 12.8. The van der Waals surface area contributed by atoms with E-state index in [9.17, 15) is 9.59 Å². The molecule has 0 aromatic heterocycles. The number of amides is 2. The monoisotopic (exact) mass is 361 g/mol. The van der Waals surface area contributed by atoms with Crippen LogP contribution in [0.25, 0.3) is 0 Å². The normalized spacial score (nSPS) is 24.3.